The number of pyridine rings is 1. The fraction of sp³-hybridized carbons (Fsp3) is 0.545. The summed E-state index contributed by atoms with van der Waals surface area (Å²) in [5.41, 5.74) is 9.24. The zero-order valence-electron chi connectivity index (χ0n) is 8.92. The van der Waals surface area contributed by atoms with Crippen LogP contribution in [0.1, 0.15) is 37.9 Å². The monoisotopic (exact) mass is 258 g/mol. The molecule has 2 nitrogen and oxygen atoms in total. The number of hydrogen-bond donors (Lipinski definition) is 1. The highest BCUT2D eigenvalue weighted by atomic mass is 79.9. The summed E-state index contributed by atoms with van der Waals surface area (Å²) in [7, 11) is 0. The van der Waals surface area contributed by atoms with Crippen molar-refractivity contribution in [2.45, 2.75) is 39.5 Å². The normalized spacial score (nSPS) is 9.57. The number of nitrogens with zero attached hydrogens (tertiary/aromatic N) is 1. The number of rotatable bonds is 4. The van der Waals surface area contributed by atoms with E-state index in [1.54, 1.807) is 6.20 Å². The van der Waals surface area contributed by atoms with E-state index in [2.05, 4.69) is 18.8 Å². The van der Waals surface area contributed by atoms with Crippen molar-refractivity contribution in [2.24, 2.45) is 0 Å². The van der Waals surface area contributed by atoms with E-state index in [1.807, 2.05) is 6.07 Å². The van der Waals surface area contributed by atoms with Gasteiger partial charge in [0.2, 0.25) is 0 Å². The number of aryl methyl sites for hydroxylation is 1. The average Bonchev–Trinajstić information content (AvgIpc) is 2.11. The zero-order chi connectivity index (χ0) is 9.68. The fourth-order valence-electron chi connectivity index (χ4n) is 1.54. The van der Waals surface area contributed by atoms with E-state index in [-0.39, 0.29) is 17.0 Å². The summed E-state index contributed by atoms with van der Waals surface area (Å²) in [6.07, 6.45) is 6.16. The lowest BCUT2D eigenvalue weighted by Gasteiger charge is -2.09. The molecule has 0 aromatic carbocycles. The summed E-state index contributed by atoms with van der Waals surface area (Å²) in [4.78, 5) is 4.37. The molecule has 0 fully saturated rings. The van der Waals surface area contributed by atoms with Crippen molar-refractivity contribution in [3.05, 3.63) is 23.5 Å². The lowest BCUT2D eigenvalue weighted by atomic mass is 10.0. The number of hydrogen-bond acceptors (Lipinski definition) is 2. The third kappa shape index (κ3) is 3.29. The zero-order valence-corrected chi connectivity index (χ0v) is 10.6. The van der Waals surface area contributed by atoms with Crippen molar-refractivity contribution in [1.82, 2.24) is 4.98 Å². The molecule has 1 aromatic rings. The summed E-state index contributed by atoms with van der Waals surface area (Å²) in [6.45, 7) is 4.34. The Hall–Kier alpha value is -0.570. The van der Waals surface area contributed by atoms with E-state index in [4.69, 9.17) is 5.73 Å². The smallest absolute Gasteiger partial charge is 0.0455 e. The second kappa shape index (κ2) is 6.82. The van der Waals surface area contributed by atoms with Crippen LogP contribution in [0.3, 0.4) is 0 Å². The minimum Gasteiger partial charge on any atom is -0.398 e. The van der Waals surface area contributed by atoms with Crippen molar-refractivity contribution in [1.29, 1.82) is 0 Å². The van der Waals surface area contributed by atoms with Gasteiger partial charge in [0.25, 0.3) is 0 Å². The highest BCUT2D eigenvalue weighted by molar-refractivity contribution is 8.93. The number of halogens is 1. The predicted molar refractivity (Wildman–Crippen MR) is 67.0 cm³/mol. The minimum absolute atomic E-state index is 0. The Morgan fingerprint density at radius 1 is 1.21 bits per heavy atom. The minimum atomic E-state index is 0. The first-order valence-corrected chi connectivity index (χ1v) is 5.01. The first-order valence-electron chi connectivity index (χ1n) is 5.01. The van der Waals surface area contributed by atoms with Gasteiger partial charge >= 0.3 is 0 Å². The van der Waals surface area contributed by atoms with Gasteiger partial charge < -0.3 is 5.73 Å². The SMILES string of the molecule is Br.CCCc1nccc(N)c1CCC. The second-order valence-corrected chi connectivity index (χ2v) is 3.33. The van der Waals surface area contributed by atoms with Gasteiger partial charge in [-0.05, 0) is 24.5 Å². The largest absolute Gasteiger partial charge is 0.398 e. The van der Waals surface area contributed by atoms with Gasteiger partial charge in [-0.1, -0.05) is 26.7 Å². The first kappa shape index (κ1) is 13.4. The molecule has 0 aliphatic heterocycles. The highest BCUT2D eigenvalue weighted by Crippen LogP contribution is 2.17. The van der Waals surface area contributed by atoms with Crippen LogP contribution in [0.15, 0.2) is 12.3 Å². The standard InChI is InChI=1S/C11H18N2.BrH/c1-3-5-9-10(12)7-8-13-11(9)6-4-2;/h7-8H,3-6H2,1-2H3,(H2,12,13);1H. The number of aromatic nitrogens is 1. The van der Waals surface area contributed by atoms with E-state index in [9.17, 15) is 0 Å². The van der Waals surface area contributed by atoms with E-state index < -0.39 is 0 Å². The van der Waals surface area contributed by atoms with Crippen molar-refractivity contribution in [2.75, 3.05) is 5.73 Å². The first-order chi connectivity index (χ1) is 6.29. The topological polar surface area (TPSA) is 38.9 Å². The van der Waals surface area contributed by atoms with Gasteiger partial charge in [-0.25, -0.2) is 0 Å². The third-order valence-corrected chi connectivity index (χ3v) is 2.17. The Kier molecular flexibility index (Phi) is 6.54. The second-order valence-electron chi connectivity index (χ2n) is 3.33. The maximum atomic E-state index is 5.90. The van der Waals surface area contributed by atoms with Crippen LogP contribution in [0, 0.1) is 0 Å². The molecule has 1 rings (SSSR count). The fourth-order valence-corrected chi connectivity index (χ4v) is 1.54. The molecule has 0 unspecified atom stereocenters. The summed E-state index contributed by atoms with van der Waals surface area (Å²) < 4.78 is 0. The van der Waals surface area contributed by atoms with Crippen LogP contribution >= 0.6 is 17.0 Å². The Balaban J connectivity index is 0.00000169. The molecule has 14 heavy (non-hydrogen) atoms. The summed E-state index contributed by atoms with van der Waals surface area (Å²) in [5, 5.41) is 0. The van der Waals surface area contributed by atoms with Gasteiger partial charge in [0.1, 0.15) is 0 Å². The molecule has 0 saturated carbocycles. The molecule has 0 aliphatic rings. The lowest BCUT2D eigenvalue weighted by molar-refractivity contribution is 0.831. The Bertz CT molecular complexity index is 274. The lowest BCUT2D eigenvalue weighted by Crippen LogP contribution is -2.02. The Morgan fingerprint density at radius 3 is 2.43 bits per heavy atom. The van der Waals surface area contributed by atoms with Crippen molar-refractivity contribution >= 4 is 22.7 Å². The molecular weight excluding hydrogens is 240 g/mol. The van der Waals surface area contributed by atoms with E-state index in [0.29, 0.717) is 0 Å². The number of anilines is 1. The van der Waals surface area contributed by atoms with Crippen molar-refractivity contribution < 1.29 is 0 Å². The summed E-state index contributed by atoms with van der Waals surface area (Å²) >= 11 is 0. The van der Waals surface area contributed by atoms with Gasteiger partial charge in [-0.2, -0.15) is 0 Å². The third-order valence-electron chi connectivity index (χ3n) is 2.17. The molecule has 80 valence electrons. The van der Waals surface area contributed by atoms with Crippen LogP contribution in [0.5, 0.6) is 0 Å². The van der Waals surface area contributed by atoms with Crippen molar-refractivity contribution in [3.63, 3.8) is 0 Å². The maximum absolute atomic E-state index is 5.90. The quantitative estimate of drug-likeness (QED) is 0.902. The maximum Gasteiger partial charge on any atom is 0.0455 e. The van der Waals surface area contributed by atoms with Gasteiger partial charge in [0, 0.05) is 17.6 Å². The van der Waals surface area contributed by atoms with E-state index >= 15 is 0 Å². The molecule has 1 heterocycles. The molecule has 0 saturated heterocycles. The van der Waals surface area contributed by atoms with Gasteiger partial charge in [-0.15, -0.1) is 17.0 Å². The molecule has 0 amide bonds. The average molecular weight is 259 g/mol. The highest BCUT2D eigenvalue weighted by Gasteiger charge is 2.05. The predicted octanol–water partition coefficient (Wildman–Crippen LogP) is 3.15. The van der Waals surface area contributed by atoms with Crippen molar-refractivity contribution in [3.8, 4) is 0 Å². The van der Waals surface area contributed by atoms with Crippen LogP contribution < -0.4 is 5.73 Å². The summed E-state index contributed by atoms with van der Waals surface area (Å²) in [5.74, 6) is 0. The molecule has 0 aliphatic carbocycles. The van der Waals surface area contributed by atoms with Crippen LogP contribution in [0.2, 0.25) is 0 Å². The summed E-state index contributed by atoms with van der Waals surface area (Å²) in [6, 6.07) is 1.89. The molecular formula is C11H19BrN2. The van der Waals surface area contributed by atoms with E-state index in [0.717, 1.165) is 31.4 Å². The molecule has 3 heteroatoms. The van der Waals surface area contributed by atoms with Gasteiger partial charge in [0.05, 0.1) is 0 Å². The van der Waals surface area contributed by atoms with Gasteiger partial charge in [-0.3, -0.25) is 4.98 Å². The van der Waals surface area contributed by atoms with Gasteiger partial charge in [0.15, 0.2) is 0 Å². The van der Waals surface area contributed by atoms with Crippen LogP contribution in [0.25, 0.3) is 0 Å². The molecule has 0 bridgehead atoms. The Morgan fingerprint density at radius 2 is 1.86 bits per heavy atom. The van der Waals surface area contributed by atoms with Crippen LogP contribution in [-0.4, -0.2) is 4.98 Å². The Labute approximate surface area is 96.7 Å². The molecule has 2 N–H and O–H groups in total. The van der Waals surface area contributed by atoms with E-state index in [1.165, 1.54) is 11.3 Å². The molecule has 0 radical (unpaired) electrons. The van der Waals surface area contributed by atoms with Crippen LogP contribution in [0.4, 0.5) is 5.69 Å². The molecule has 1 aromatic heterocycles. The number of nitrogens with two attached hydrogens (primary N) is 1. The molecule has 0 spiro atoms. The molecule has 0 atom stereocenters. The number of nitrogen functional groups attached to an aromatic ring is 1. The van der Waals surface area contributed by atoms with Crippen LogP contribution in [-0.2, 0) is 12.8 Å².